The fourth-order valence-electron chi connectivity index (χ4n) is 8.30. The molecule has 0 atom stereocenters. The molecule has 1 aliphatic rings. The van der Waals surface area contributed by atoms with Gasteiger partial charge in [-0.1, -0.05) is 130 Å². The van der Waals surface area contributed by atoms with Crippen LogP contribution in [0.1, 0.15) is 82.3 Å². The topological polar surface area (TPSA) is 6.48 Å². The van der Waals surface area contributed by atoms with Crippen LogP contribution < -0.4 is 9.80 Å². The SMILES string of the molecule is C#CCCCCCC1(CCCCCC)c2cc(N(c3ccccc3)c3ccccc3)ccc2-c2ccc(N(c3ccccc3)c3ccccc3)cc21. The van der Waals surface area contributed by atoms with Crippen molar-refractivity contribution in [2.45, 2.75) is 76.5 Å². The highest BCUT2D eigenvalue weighted by atomic mass is 15.1. The third-order valence-electron chi connectivity index (χ3n) is 10.8. The van der Waals surface area contributed by atoms with E-state index in [9.17, 15) is 0 Å². The number of terminal acetylenes is 1. The summed E-state index contributed by atoms with van der Waals surface area (Å²) in [5, 5.41) is 0. The van der Waals surface area contributed by atoms with Crippen molar-refractivity contribution in [3.05, 3.63) is 169 Å². The number of anilines is 6. The second-order valence-electron chi connectivity index (χ2n) is 14.1. The van der Waals surface area contributed by atoms with Crippen molar-refractivity contribution in [1.82, 2.24) is 0 Å². The van der Waals surface area contributed by atoms with Crippen molar-refractivity contribution in [2.75, 3.05) is 9.80 Å². The van der Waals surface area contributed by atoms with E-state index in [2.05, 4.69) is 180 Å². The van der Waals surface area contributed by atoms with Crippen LogP contribution in [0.5, 0.6) is 0 Å². The van der Waals surface area contributed by atoms with E-state index in [0.29, 0.717) is 0 Å². The number of fused-ring (bicyclic) bond motifs is 3. The van der Waals surface area contributed by atoms with Crippen molar-refractivity contribution in [1.29, 1.82) is 0 Å². The number of para-hydroxylation sites is 4. The third-order valence-corrected chi connectivity index (χ3v) is 10.8. The molecule has 0 unspecified atom stereocenters. The Hall–Kier alpha value is -5.52. The summed E-state index contributed by atoms with van der Waals surface area (Å²) in [6.07, 6.45) is 17.1. The van der Waals surface area contributed by atoms with Gasteiger partial charge in [0, 0.05) is 46.0 Å². The average Bonchev–Trinajstić information content (AvgIpc) is 3.46. The summed E-state index contributed by atoms with van der Waals surface area (Å²) in [6.45, 7) is 2.31. The van der Waals surface area contributed by atoms with E-state index < -0.39 is 0 Å². The molecule has 2 heteroatoms. The second-order valence-corrected chi connectivity index (χ2v) is 14.1. The lowest BCUT2D eigenvalue weighted by atomic mass is 9.70. The molecule has 0 radical (unpaired) electrons. The molecule has 260 valence electrons. The lowest BCUT2D eigenvalue weighted by Gasteiger charge is -2.35. The number of benzene rings is 6. The number of unbranched alkanes of at least 4 members (excludes halogenated alkanes) is 6. The van der Waals surface area contributed by atoms with E-state index in [1.807, 2.05) is 0 Å². The zero-order valence-corrected chi connectivity index (χ0v) is 30.6. The number of nitrogens with zero attached hydrogens (tertiary/aromatic N) is 2. The Morgan fingerprint density at radius 1 is 0.442 bits per heavy atom. The molecule has 6 aromatic rings. The molecule has 0 spiro atoms. The van der Waals surface area contributed by atoms with Crippen molar-refractivity contribution in [3.8, 4) is 23.5 Å². The van der Waals surface area contributed by atoms with Crippen LogP contribution in [0.15, 0.2) is 158 Å². The zero-order valence-electron chi connectivity index (χ0n) is 30.6. The Kier molecular flexibility index (Phi) is 11.2. The van der Waals surface area contributed by atoms with Crippen LogP contribution in [0.25, 0.3) is 11.1 Å². The van der Waals surface area contributed by atoms with Crippen LogP contribution in [0.2, 0.25) is 0 Å². The van der Waals surface area contributed by atoms with Gasteiger partial charge in [0.05, 0.1) is 0 Å². The first-order valence-corrected chi connectivity index (χ1v) is 19.3. The molecule has 0 heterocycles. The van der Waals surface area contributed by atoms with Crippen molar-refractivity contribution in [3.63, 3.8) is 0 Å². The third kappa shape index (κ3) is 7.28. The van der Waals surface area contributed by atoms with E-state index in [0.717, 1.165) is 61.3 Å². The molecule has 1 aliphatic carbocycles. The average molecular weight is 679 g/mol. The van der Waals surface area contributed by atoms with Crippen molar-refractivity contribution in [2.24, 2.45) is 0 Å². The molecule has 0 fully saturated rings. The van der Waals surface area contributed by atoms with Gasteiger partial charge in [0.1, 0.15) is 0 Å². The van der Waals surface area contributed by atoms with Crippen LogP contribution in [0.3, 0.4) is 0 Å². The Bertz CT molecular complexity index is 1850. The first-order chi connectivity index (χ1) is 25.7. The summed E-state index contributed by atoms with van der Waals surface area (Å²) in [7, 11) is 0. The summed E-state index contributed by atoms with van der Waals surface area (Å²) >= 11 is 0. The normalized spacial score (nSPS) is 12.5. The molecule has 0 amide bonds. The summed E-state index contributed by atoms with van der Waals surface area (Å²) < 4.78 is 0. The van der Waals surface area contributed by atoms with Crippen LogP contribution >= 0.6 is 0 Å². The highest BCUT2D eigenvalue weighted by molar-refractivity contribution is 5.88. The zero-order chi connectivity index (χ0) is 35.6. The van der Waals surface area contributed by atoms with Gasteiger partial charge in [-0.25, -0.2) is 0 Å². The summed E-state index contributed by atoms with van der Waals surface area (Å²) in [5.74, 6) is 2.88. The van der Waals surface area contributed by atoms with Crippen LogP contribution in [0.4, 0.5) is 34.1 Å². The van der Waals surface area contributed by atoms with E-state index in [-0.39, 0.29) is 5.41 Å². The largest absolute Gasteiger partial charge is 0.310 e. The molecule has 7 rings (SSSR count). The van der Waals surface area contributed by atoms with Crippen LogP contribution in [-0.2, 0) is 5.41 Å². The van der Waals surface area contributed by atoms with E-state index in [4.69, 9.17) is 6.42 Å². The Balaban J connectivity index is 1.41. The van der Waals surface area contributed by atoms with Crippen molar-refractivity contribution < 1.29 is 0 Å². The van der Waals surface area contributed by atoms with E-state index in [1.165, 1.54) is 59.3 Å². The van der Waals surface area contributed by atoms with Gasteiger partial charge in [0.15, 0.2) is 0 Å². The van der Waals surface area contributed by atoms with Gasteiger partial charge in [-0.2, -0.15) is 0 Å². The van der Waals surface area contributed by atoms with Crippen LogP contribution in [-0.4, -0.2) is 0 Å². The molecule has 0 saturated heterocycles. The minimum Gasteiger partial charge on any atom is -0.310 e. The lowest BCUT2D eigenvalue weighted by Crippen LogP contribution is -2.26. The maximum Gasteiger partial charge on any atom is 0.0465 e. The van der Waals surface area contributed by atoms with Gasteiger partial charge >= 0.3 is 0 Å². The first kappa shape index (κ1) is 34.9. The molecule has 0 saturated carbocycles. The highest BCUT2D eigenvalue weighted by Crippen LogP contribution is 2.57. The highest BCUT2D eigenvalue weighted by Gasteiger charge is 2.43. The minimum atomic E-state index is -0.112. The maximum atomic E-state index is 5.70. The minimum absolute atomic E-state index is 0.112. The predicted molar refractivity (Wildman–Crippen MR) is 223 cm³/mol. The quantitative estimate of drug-likeness (QED) is 0.0742. The van der Waals surface area contributed by atoms with Crippen molar-refractivity contribution >= 4 is 34.1 Å². The Labute approximate surface area is 311 Å². The van der Waals surface area contributed by atoms with Gasteiger partial charge < -0.3 is 9.80 Å². The van der Waals surface area contributed by atoms with Gasteiger partial charge in [-0.05, 0) is 114 Å². The van der Waals surface area contributed by atoms with Crippen LogP contribution in [0, 0.1) is 12.3 Å². The molecule has 0 aliphatic heterocycles. The summed E-state index contributed by atoms with van der Waals surface area (Å²) in [6, 6.07) is 57.7. The molecule has 6 aromatic carbocycles. The molecular formula is C50H50N2. The fraction of sp³-hybridized carbons (Fsp3) is 0.240. The summed E-state index contributed by atoms with van der Waals surface area (Å²) in [4.78, 5) is 4.83. The lowest BCUT2D eigenvalue weighted by molar-refractivity contribution is 0.402. The monoisotopic (exact) mass is 678 g/mol. The molecular weight excluding hydrogens is 629 g/mol. The molecule has 0 bridgehead atoms. The van der Waals surface area contributed by atoms with Gasteiger partial charge in [-0.3, -0.25) is 0 Å². The predicted octanol–water partition coefficient (Wildman–Crippen LogP) is 14.4. The molecule has 0 N–H and O–H groups in total. The Morgan fingerprint density at radius 2 is 0.827 bits per heavy atom. The van der Waals surface area contributed by atoms with Gasteiger partial charge in [-0.15, -0.1) is 12.3 Å². The van der Waals surface area contributed by atoms with Gasteiger partial charge in [0.25, 0.3) is 0 Å². The van der Waals surface area contributed by atoms with E-state index >= 15 is 0 Å². The number of rotatable bonds is 16. The molecule has 52 heavy (non-hydrogen) atoms. The van der Waals surface area contributed by atoms with Gasteiger partial charge in [0.2, 0.25) is 0 Å². The first-order valence-electron chi connectivity index (χ1n) is 19.3. The second kappa shape index (κ2) is 16.7. The van der Waals surface area contributed by atoms with E-state index in [1.54, 1.807) is 0 Å². The maximum absolute atomic E-state index is 5.70. The fourth-order valence-corrected chi connectivity index (χ4v) is 8.30. The summed E-state index contributed by atoms with van der Waals surface area (Å²) in [5.41, 5.74) is 12.6. The number of hydrogen-bond donors (Lipinski definition) is 0. The smallest absolute Gasteiger partial charge is 0.0465 e. The number of hydrogen-bond acceptors (Lipinski definition) is 2. The Morgan fingerprint density at radius 3 is 1.19 bits per heavy atom. The molecule has 2 nitrogen and oxygen atoms in total. The molecule has 0 aromatic heterocycles. The standard InChI is InChI=1S/C50H50N2/c1-3-5-7-9-23-37-50(36-22-8-6-4-2)48-38-44(51(40-24-14-10-15-25-40)41-26-16-11-17-27-41)32-34-46(48)47-35-33-45(39-49(47)50)52(42-28-18-12-19-29-42)43-30-20-13-21-31-43/h1,10-21,24-35,38-39H,4-9,22-23,36-37H2,2H3.